The number of rotatable bonds is 0. The highest BCUT2D eigenvalue weighted by Gasteiger charge is 2.68. The highest BCUT2D eigenvalue weighted by Crippen LogP contribution is 2.48. The van der Waals surface area contributed by atoms with Crippen molar-refractivity contribution in [3.8, 4) is 0 Å². The standard InChI is InChI=1S/C6H5F5O/c7-5(8)3-1-2-4(5,12)6(9,10)11/h1-2,12H,3H2. The lowest BCUT2D eigenvalue weighted by Crippen LogP contribution is -2.54. The Kier molecular flexibility index (Phi) is 1.72. The van der Waals surface area contributed by atoms with Crippen LogP contribution in [0.4, 0.5) is 22.0 Å². The van der Waals surface area contributed by atoms with E-state index in [-0.39, 0.29) is 6.08 Å². The maximum atomic E-state index is 12.5. The molecule has 1 N–H and O–H groups in total. The summed E-state index contributed by atoms with van der Waals surface area (Å²) in [6.07, 6.45) is -5.70. The van der Waals surface area contributed by atoms with Gasteiger partial charge >= 0.3 is 6.18 Å². The summed E-state index contributed by atoms with van der Waals surface area (Å²) >= 11 is 0. The number of halogens is 5. The summed E-state index contributed by atoms with van der Waals surface area (Å²) in [7, 11) is 0. The second kappa shape index (κ2) is 2.18. The molecule has 0 fully saturated rings. The molecule has 0 amide bonds. The average molecular weight is 188 g/mol. The molecule has 0 radical (unpaired) electrons. The molecular formula is C6H5F5O. The Bertz CT molecular complexity index is 218. The van der Waals surface area contributed by atoms with E-state index in [1.54, 1.807) is 0 Å². The number of alkyl halides is 5. The maximum absolute atomic E-state index is 12.5. The lowest BCUT2D eigenvalue weighted by atomic mass is 9.99. The Morgan fingerprint density at radius 3 is 1.92 bits per heavy atom. The van der Waals surface area contributed by atoms with Crippen LogP contribution in [0.25, 0.3) is 0 Å². The normalized spacial score (nSPS) is 34.2. The first-order chi connectivity index (χ1) is 5.21. The Morgan fingerprint density at radius 2 is 1.75 bits per heavy atom. The molecule has 0 aromatic rings. The highest BCUT2D eigenvalue weighted by molar-refractivity contribution is 5.21. The Hall–Kier alpha value is -0.650. The minimum absolute atomic E-state index is 0.0903. The molecule has 1 atom stereocenters. The third-order valence-corrected chi connectivity index (χ3v) is 1.72. The Morgan fingerprint density at radius 1 is 1.25 bits per heavy atom. The maximum Gasteiger partial charge on any atom is 0.426 e. The van der Waals surface area contributed by atoms with Gasteiger partial charge in [0.05, 0.1) is 0 Å². The summed E-state index contributed by atoms with van der Waals surface area (Å²) in [4.78, 5) is 0. The number of hydrogen-bond acceptors (Lipinski definition) is 1. The summed E-state index contributed by atoms with van der Waals surface area (Å²) in [5.74, 6) is -4.15. The molecule has 0 bridgehead atoms. The molecule has 1 aliphatic carbocycles. The van der Waals surface area contributed by atoms with Crippen LogP contribution < -0.4 is 0 Å². The molecule has 1 nitrogen and oxygen atoms in total. The van der Waals surface area contributed by atoms with E-state index in [4.69, 9.17) is 5.11 Å². The van der Waals surface area contributed by atoms with E-state index in [0.717, 1.165) is 0 Å². The van der Waals surface area contributed by atoms with Crippen LogP contribution in [0.5, 0.6) is 0 Å². The van der Waals surface area contributed by atoms with Crippen LogP contribution >= 0.6 is 0 Å². The fourth-order valence-corrected chi connectivity index (χ4v) is 0.957. The zero-order valence-corrected chi connectivity index (χ0v) is 5.70. The molecule has 0 saturated carbocycles. The fraction of sp³-hybridized carbons (Fsp3) is 0.667. The van der Waals surface area contributed by atoms with Gasteiger partial charge in [-0.2, -0.15) is 13.2 Å². The molecule has 0 spiro atoms. The zero-order valence-electron chi connectivity index (χ0n) is 5.70. The number of aliphatic hydroxyl groups is 1. The minimum Gasteiger partial charge on any atom is -0.372 e. The van der Waals surface area contributed by atoms with Gasteiger partial charge in [0.25, 0.3) is 5.92 Å². The molecule has 12 heavy (non-hydrogen) atoms. The molecule has 70 valence electrons. The van der Waals surface area contributed by atoms with E-state index in [2.05, 4.69) is 0 Å². The average Bonchev–Trinajstić information content (AvgIpc) is 2.07. The van der Waals surface area contributed by atoms with Crippen LogP contribution in [0, 0.1) is 0 Å². The van der Waals surface area contributed by atoms with Gasteiger partial charge in [-0.1, -0.05) is 6.08 Å². The largest absolute Gasteiger partial charge is 0.426 e. The zero-order chi connectivity index (χ0) is 9.62. The van der Waals surface area contributed by atoms with Gasteiger partial charge in [0.2, 0.25) is 5.60 Å². The van der Waals surface area contributed by atoms with Gasteiger partial charge in [0, 0.05) is 6.42 Å². The van der Waals surface area contributed by atoms with Gasteiger partial charge in [0.1, 0.15) is 0 Å². The third kappa shape index (κ3) is 1.01. The van der Waals surface area contributed by atoms with Gasteiger partial charge in [0.15, 0.2) is 0 Å². The van der Waals surface area contributed by atoms with Gasteiger partial charge in [-0.05, 0) is 6.08 Å². The van der Waals surface area contributed by atoms with Crippen molar-refractivity contribution in [1.29, 1.82) is 0 Å². The van der Waals surface area contributed by atoms with Crippen LogP contribution in [0.15, 0.2) is 12.2 Å². The van der Waals surface area contributed by atoms with Crippen LogP contribution in [-0.4, -0.2) is 22.8 Å². The minimum atomic E-state index is -5.33. The molecule has 6 heteroatoms. The van der Waals surface area contributed by atoms with Crippen molar-refractivity contribution in [2.45, 2.75) is 24.1 Å². The lowest BCUT2D eigenvalue weighted by Gasteiger charge is -2.30. The lowest BCUT2D eigenvalue weighted by molar-refractivity contribution is -0.304. The van der Waals surface area contributed by atoms with Gasteiger partial charge in [-0.15, -0.1) is 0 Å². The van der Waals surface area contributed by atoms with Crippen molar-refractivity contribution in [1.82, 2.24) is 0 Å². The van der Waals surface area contributed by atoms with E-state index in [1.807, 2.05) is 0 Å². The van der Waals surface area contributed by atoms with Crippen molar-refractivity contribution in [3.05, 3.63) is 12.2 Å². The van der Waals surface area contributed by atoms with Crippen molar-refractivity contribution in [2.75, 3.05) is 0 Å². The number of allylic oxidation sites excluding steroid dienone is 1. The topological polar surface area (TPSA) is 20.2 Å². The van der Waals surface area contributed by atoms with Crippen LogP contribution in [0.2, 0.25) is 0 Å². The molecule has 0 aromatic heterocycles. The second-order valence-corrected chi connectivity index (χ2v) is 2.58. The molecule has 0 heterocycles. The van der Waals surface area contributed by atoms with Crippen LogP contribution in [0.1, 0.15) is 6.42 Å². The molecular weight excluding hydrogens is 183 g/mol. The molecule has 0 aliphatic heterocycles. The van der Waals surface area contributed by atoms with Gasteiger partial charge < -0.3 is 5.11 Å². The SMILES string of the molecule is OC1(C(F)(F)F)C=CCC1(F)F. The van der Waals surface area contributed by atoms with Gasteiger partial charge in [-0.25, -0.2) is 8.78 Å². The molecule has 0 saturated heterocycles. The number of hydrogen-bond donors (Lipinski definition) is 1. The van der Waals surface area contributed by atoms with Crippen LogP contribution in [0.3, 0.4) is 0 Å². The third-order valence-electron chi connectivity index (χ3n) is 1.72. The van der Waals surface area contributed by atoms with E-state index < -0.39 is 24.1 Å². The van der Waals surface area contributed by atoms with Crippen molar-refractivity contribution < 1.29 is 27.1 Å². The first-order valence-electron chi connectivity index (χ1n) is 3.05. The predicted molar refractivity (Wildman–Crippen MR) is 29.7 cm³/mol. The molecule has 0 aromatic carbocycles. The highest BCUT2D eigenvalue weighted by atomic mass is 19.4. The molecule has 1 unspecified atom stereocenters. The van der Waals surface area contributed by atoms with Crippen molar-refractivity contribution in [2.24, 2.45) is 0 Å². The predicted octanol–water partition coefficient (Wildman–Crippen LogP) is 1.88. The monoisotopic (exact) mass is 188 g/mol. The summed E-state index contributed by atoms with van der Waals surface area (Å²) in [6.45, 7) is 0. The second-order valence-electron chi connectivity index (χ2n) is 2.58. The Balaban J connectivity index is 3.06. The van der Waals surface area contributed by atoms with E-state index in [1.165, 1.54) is 0 Å². The smallest absolute Gasteiger partial charge is 0.372 e. The van der Waals surface area contributed by atoms with E-state index in [0.29, 0.717) is 6.08 Å². The van der Waals surface area contributed by atoms with E-state index in [9.17, 15) is 22.0 Å². The first-order valence-corrected chi connectivity index (χ1v) is 3.05. The molecule has 1 aliphatic rings. The summed E-state index contributed by atoms with van der Waals surface area (Å²) < 4.78 is 60.5. The van der Waals surface area contributed by atoms with Crippen molar-refractivity contribution >= 4 is 0 Å². The summed E-state index contributed by atoms with van der Waals surface area (Å²) in [5.41, 5.74) is -3.99. The van der Waals surface area contributed by atoms with Crippen LogP contribution in [-0.2, 0) is 0 Å². The Labute approximate surface area is 64.5 Å². The summed E-state index contributed by atoms with van der Waals surface area (Å²) in [6, 6.07) is 0. The van der Waals surface area contributed by atoms with Crippen molar-refractivity contribution in [3.63, 3.8) is 0 Å². The first kappa shape index (κ1) is 9.44. The van der Waals surface area contributed by atoms with E-state index >= 15 is 0 Å². The molecule has 1 rings (SSSR count). The van der Waals surface area contributed by atoms with Gasteiger partial charge in [-0.3, -0.25) is 0 Å². The summed E-state index contributed by atoms with van der Waals surface area (Å²) in [5, 5.41) is 8.59. The quantitative estimate of drug-likeness (QED) is 0.454. The fourth-order valence-electron chi connectivity index (χ4n) is 0.957.